The lowest BCUT2D eigenvalue weighted by Gasteiger charge is -2.25. The molecule has 1 unspecified atom stereocenters. The summed E-state index contributed by atoms with van der Waals surface area (Å²) in [7, 11) is 0. The van der Waals surface area contributed by atoms with Gasteiger partial charge in [0.1, 0.15) is 5.92 Å². The van der Waals surface area contributed by atoms with Crippen LogP contribution in [0.15, 0.2) is 12.5 Å². The summed E-state index contributed by atoms with van der Waals surface area (Å²) in [5.74, 6) is -2.59. The molecule has 0 saturated heterocycles. The molecule has 0 saturated carbocycles. The third-order valence-corrected chi connectivity index (χ3v) is 2.62. The van der Waals surface area contributed by atoms with E-state index in [4.69, 9.17) is 5.11 Å². The number of hydrogen-bond donors (Lipinski definition) is 3. The van der Waals surface area contributed by atoms with Crippen molar-refractivity contribution >= 4 is 11.9 Å². The van der Waals surface area contributed by atoms with Crippen molar-refractivity contribution in [1.82, 2.24) is 15.3 Å². The largest absolute Gasteiger partial charge is 0.481 e. The molecule has 0 aromatic carbocycles. The van der Waals surface area contributed by atoms with E-state index in [-0.39, 0.29) is 0 Å². The number of aromatic nitrogens is 2. The number of aromatic amines is 1. The van der Waals surface area contributed by atoms with E-state index in [9.17, 15) is 9.59 Å². The van der Waals surface area contributed by atoms with Gasteiger partial charge in [-0.15, -0.1) is 0 Å². The van der Waals surface area contributed by atoms with Crippen LogP contribution in [-0.2, 0) is 16.0 Å². The summed E-state index contributed by atoms with van der Waals surface area (Å²) >= 11 is 0. The molecule has 0 fully saturated rings. The highest BCUT2D eigenvalue weighted by molar-refractivity contribution is 5.97. The first-order valence-electron chi connectivity index (χ1n) is 5.80. The van der Waals surface area contributed by atoms with Crippen molar-refractivity contribution < 1.29 is 14.7 Å². The number of carboxylic acids is 1. The Morgan fingerprint density at radius 2 is 2.17 bits per heavy atom. The van der Waals surface area contributed by atoms with Crippen molar-refractivity contribution in [3.8, 4) is 0 Å². The highest BCUT2D eigenvalue weighted by Gasteiger charge is 2.37. The molecule has 18 heavy (non-hydrogen) atoms. The van der Waals surface area contributed by atoms with E-state index < -0.39 is 23.2 Å². The number of carboxylic acid groups (broad SMARTS) is 1. The van der Waals surface area contributed by atoms with Crippen molar-refractivity contribution in [3.05, 3.63) is 18.2 Å². The maximum absolute atomic E-state index is 11.8. The average molecular weight is 253 g/mol. The van der Waals surface area contributed by atoms with Crippen LogP contribution < -0.4 is 5.32 Å². The van der Waals surface area contributed by atoms with Crippen LogP contribution in [0.25, 0.3) is 0 Å². The Morgan fingerprint density at radius 3 is 2.61 bits per heavy atom. The summed E-state index contributed by atoms with van der Waals surface area (Å²) < 4.78 is 0. The molecule has 3 N–H and O–H groups in total. The topological polar surface area (TPSA) is 95.1 Å². The zero-order valence-corrected chi connectivity index (χ0v) is 10.9. The second-order valence-electron chi connectivity index (χ2n) is 5.26. The molecule has 1 amide bonds. The van der Waals surface area contributed by atoms with Gasteiger partial charge in [-0.05, 0) is 5.41 Å². The Labute approximate surface area is 106 Å². The summed E-state index contributed by atoms with van der Waals surface area (Å²) in [6, 6.07) is 0. The van der Waals surface area contributed by atoms with Crippen molar-refractivity contribution in [1.29, 1.82) is 0 Å². The lowest BCUT2D eigenvalue weighted by atomic mass is 9.80. The molecular formula is C12H19N3O3. The lowest BCUT2D eigenvalue weighted by molar-refractivity contribution is -0.151. The van der Waals surface area contributed by atoms with Crippen LogP contribution in [-0.4, -0.2) is 33.5 Å². The Morgan fingerprint density at radius 1 is 1.50 bits per heavy atom. The van der Waals surface area contributed by atoms with Crippen LogP contribution >= 0.6 is 0 Å². The third-order valence-electron chi connectivity index (χ3n) is 2.62. The standard InChI is InChI=1S/C12H19N3O3/c1-12(2,3)9(11(17)18)10(16)14-5-4-8-6-13-7-15-8/h6-7,9H,4-5H2,1-3H3,(H,13,15)(H,14,16)(H,17,18). The highest BCUT2D eigenvalue weighted by atomic mass is 16.4. The highest BCUT2D eigenvalue weighted by Crippen LogP contribution is 2.26. The second-order valence-corrected chi connectivity index (χ2v) is 5.26. The number of carbonyl (C=O) groups is 2. The number of aliphatic carboxylic acids is 1. The molecule has 6 heteroatoms. The number of imidazole rings is 1. The molecule has 0 aliphatic carbocycles. The minimum absolute atomic E-state index is 0.390. The normalized spacial score (nSPS) is 13.1. The van der Waals surface area contributed by atoms with Gasteiger partial charge in [-0.3, -0.25) is 9.59 Å². The van der Waals surface area contributed by atoms with Crippen LogP contribution in [0.4, 0.5) is 0 Å². The number of nitrogens with one attached hydrogen (secondary N) is 2. The summed E-state index contributed by atoms with van der Waals surface area (Å²) in [4.78, 5) is 29.7. The van der Waals surface area contributed by atoms with Crippen LogP contribution in [0.1, 0.15) is 26.5 Å². The van der Waals surface area contributed by atoms with Gasteiger partial charge in [0.25, 0.3) is 0 Å². The molecule has 0 aliphatic heterocycles. The number of nitrogens with zero attached hydrogens (tertiary/aromatic N) is 1. The van der Waals surface area contributed by atoms with Gasteiger partial charge in [0, 0.05) is 24.9 Å². The zero-order chi connectivity index (χ0) is 13.8. The number of rotatable bonds is 5. The fourth-order valence-corrected chi connectivity index (χ4v) is 1.72. The van der Waals surface area contributed by atoms with Gasteiger partial charge in [-0.25, -0.2) is 4.98 Å². The number of hydrogen-bond acceptors (Lipinski definition) is 3. The zero-order valence-electron chi connectivity index (χ0n) is 10.9. The lowest BCUT2D eigenvalue weighted by Crippen LogP contribution is -2.43. The van der Waals surface area contributed by atoms with E-state index in [0.29, 0.717) is 13.0 Å². The van der Waals surface area contributed by atoms with Crippen molar-refractivity contribution in [3.63, 3.8) is 0 Å². The molecular weight excluding hydrogens is 234 g/mol. The van der Waals surface area contributed by atoms with E-state index in [1.807, 2.05) is 0 Å². The first kappa shape index (κ1) is 14.2. The molecule has 0 bridgehead atoms. The van der Waals surface area contributed by atoms with Gasteiger partial charge >= 0.3 is 5.97 Å². The predicted octanol–water partition coefficient (Wildman–Crippen LogP) is 0.815. The molecule has 1 aromatic heterocycles. The van der Waals surface area contributed by atoms with E-state index in [2.05, 4.69) is 15.3 Å². The number of carbonyl (C=O) groups excluding carboxylic acids is 1. The molecule has 1 heterocycles. The first-order chi connectivity index (χ1) is 8.32. The van der Waals surface area contributed by atoms with Crippen molar-refractivity contribution in [2.75, 3.05) is 6.54 Å². The van der Waals surface area contributed by atoms with Gasteiger partial charge in [0.2, 0.25) is 5.91 Å². The molecule has 6 nitrogen and oxygen atoms in total. The Balaban J connectivity index is 2.50. The quantitative estimate of drug-likeness (QED) is 0.677. The number of amides is 1. The van der Waals surface area contributed by atoms with E-state index >= 15 is 0 Å². The van der Waals surface area contributed by atoms with Crippen LogP contribution in [0.2, 0.25) is 0 Å². The summed E-state index contributed by atoms with van der Waals surface area (Å²) in [6.07, 6.45) is 3.83. The van der Waals surface area contributed by atoms with Gasteiger partial charge < -0.3 is 15.4 Å². The average Bonchev–Trinajstić information content (AvgIpc) is 2.67. The van der Waals surface area contributed by atoms with Crippen molar-refractivity contribution in [2.45, 2.75) is 27.2 Å². The predicted molar refractivity (Wildman–Crippen MR) is 65.9 cm³/mol. The minimum atomic E-state index is -1.10. The van der Waals surface area contributed by atoms with E-state index in [1.165, 1.54) is 0 Å². The Bertz CT molecular complexity index is 407. The fraction of sp³-hybridized carbons (Fsp3) is 0.583. The van der Waals surface area contributed by atoms with Gasteiger partial charge in [-0.2, -0.15) is 0 Å². The third kappa shape index (κ3) is 3.87. The van der Waals surface area contributed by atoms with Gasteiger partial charge in [0.15, 0.2) is 0 Å². The second kappa shape index (κ2) is 5.66. The molecule has 100 valence electrons. The molecule has 1 rings (SSSR count). The molecule has 1 atom stereocenters. The fourth-order valence-electron chi connectivity index (χ4n) is 1.72. The molecule has 0 spiro atoms. The summed E-state index contributed by atoms with van der Waals surface area (Å²) in [5, 5.41) is 11.7. The maximum atomic E-state index is 11.8. The number of H-pyrrole nitrogens is 1. The van der Waals surface area contributed by atoms with Crippen molar-refractivity contribution in [2.24, 2.45) is 11.3 Å². The Kier molecular flexibility index (Phi) is 4.47. The minimum Gasteiger partial charge on any atom is -0.481 e. The maximum Gasteiger partial charge on any atom is 0.316 e. The SMILES string of the molecule is CC(C)(C)C(C(=O)O)C(=O)NCCc1cnc[nH]1. The van der Waals surface area contributed by atoms with Crippen LogP contribution in [0.3, 0.4) is 0 Å². The van der Waals surface area contributed by atoms with Gasteiger partial charge in [-0.1, -0.05) is 20.8 Å². The Hall–Kier alpha value is -1.85. The van der Waals surface area contributed by atoms with E-state index in [0.717, 1.165) is 5.69 Å². The van der Waals surface area contributed by atoms with Crippen LogP contribution in [0, 0.1) is 11.3 Å². The monoisotopic (exact) mass is 253 g/mol. The van der Waals surface area contributed by atoms with E-state index in [1.54, 1.807) is 33.3 Å². The molecule has 0 radical (unpaired) electrons. The first-order valence-corrected chi connectivity index (χ1v) is 5.80. The molecule has 0 aliphatic rings. The van der Waals surface area contributed by atoms with Gasteiger partial charge in [0.05, 0.1) is 6.33 Å². The summed E-state index contributed by atoms with van der Waals surface area (Å²) in [6.45, 7) is 5.60. The molecule has 1 aromatic rings. The van der Waals surface area contributed by atoms with Crippen LogP contribution in [0.5, 0.6) is 0 Å². The smallest absolute Gasteiger partial charge is 0.316 e. The summed E-state index contributed by atoms with van der Waals surface area (Å²) in [5.41, 5.74) is 0.294.